The molecule has 1 N–H and O–H groups in total. The zero-order valence-electron chi connectivity index (χ0n) is 15.4. The van der Waals surface area contributed by atoms with Gasteiger partial charge in [0, 0.05) is 18.3 Å². The van der Waals surface area contributed by atoms with Crippen molar-refractivity contribution in [1.82, 2.24) is 0 Å². The summed E-state index contributed by atoms with van der Waals surface area (Å²) in [6, 6.07) is 0. The van der Waals surface area contributed by atoms with Crippen LogP contribution in [0, 0.1) is 40.4 Å². The smallest absolute Gasteiger partial charge is 0.137 e. The van der Waals surface area contributed by atoms with E-state index in [0.29, 0.717) is 30.0 Å². The Labute approximate surface area is 145 Å². The number of carbonyl (C=O) groups excluding carboxylic acids is 2. The normalized spacial score (nSPS) is 53.9. The number of ketones is 2. The largest absolute Gasteiger partial charge is 0.393 e. The van der Waals surface area contributed by atoms with E-state index >= 15 is 0 Å². The van der Waals surface area contributed by atoms with E-state index in [2.05, 4.69) is 13.8 Å². The van der Waals surface area contributed by atoms with E-state index in [9.17, 15) is 14.7 Å². The van der Waals surface area contributed by atoms with E-state index in [-0.39, 0.29) is 34.6 Å². The van der Waals surface area contributed by atoms with Gasteiger partial charge >= 0.3 is 0 Å². The van der Waals surface area contributed by atoms with Gasteiger partial charge in [-0.1, -0.05) is 13.8 Å². The Morgan fingerprint density at radius 3 is 2.54 bits per heavy atom. The predicted octanol–water partition coefficient (Wildman–Crippen LogP) is 3.77. The van der Waals surface area contributed by atoms with Gasteiger partial charge in [-0.05, 0) is 80.5 Å². The zero-order valence-corrected chi connectivity index (χ0v) is 15.4. The van der Waals surface area contributed by atoms with Gasteiger partial charge in [-0.3, -0.25) is 9.59 Å². The van der Waals surface area contributed by atoms with Gasteiger partial charge in [0.05, 0.1) is 6.10 Å². The molecule has 0 radical (unpaired) electrons. The molecule has 0 amide bonds. The molecule has 4 unspecified atom stereocenters. The van der Waals surface area contributed by atoms with Gasteiger partial charge in [0.15, 0.2) is 0 Å². The number of fused-ring (bicyclic) bond motifs is 5. The van der Waals surface area contributed by atoms with Gasteiger partial charge in [-0.2, -0.15) is 0 Å². The SMILES string of the molecule is CC(=O)C1CCC2C3CC[C@H]4C[C@H](O)CC[C@]4(C)C3C(=O)C[C@]12C. The number of hydrogen-bond donors (Lipinski definition) is 1. The molecule has 4 fully saturated rings. The molecule has 4 aliphatic carbocycles. The summed E-state index contributed by atoms with van der Waals surface area (Å²) in [6.07, 6.45) is 7.53. The summed E-state index contributed by atoms with van der Waals surface area (Å²) in [5.41, 5.74) is -0.0175. The summed E-state index contributed by atoms with van der Waals surface area (Å²) >= 11 is 0. The van der Waals surface area contributed by atoms with Crippen molar-refractivity contribution in [2.24, 2.45) is 40.4 Å². The summed E-state index contributed by atoms with van der Waals surface area (Å²) < 4.78 is 0. The minimum absolute atomic E-state index is 0.0782. The number of carbonyl (C=O) groups is 2. The fraction of sp³-hybridized carbons (Fsp3) is 0.905. The van der Waals surface area contributed by atoms with E-state index < -0.39 is 0 Å². The highest BCUT2D eigenvalue weighted by atomic mass is 16.3. The second-order valence-corrected chi connectivity index (χ2v) is 9.85. The highest BCUT2D eigenvalue weighted by Gasteiger charge is 2.63. The molecule has 0 aromatic heterocycles. The number of aliphatic hydroxyl groups is 1. The van der Waals surface area contributed by atoms with Crippen molar-refractivity contribution in [3.05, 3.63) is 0 Å². The molecule has 24 heavy (non-hydrogen) atoms. The van der Waals surface area contributed by atoms with Gasteiger partial charge in [-0.25, -0.2) is 0 Å². The van der Waals surface area contributed by atoms with Crippen molar-refractivity contribution in [2.45, 2.75) is 78.2 Å². The van der Waals surface area contributed by atoms with Crippen LogP contribution in [0.2, 0.25) is 0 Å². The summed E-state index contributed by atoms with van der Waals surface area (Å²) in [6.45, 7) is 6.28. The van der Waals surface area contributed by atoms with Crippen LogP contribution in [0.3, 0.4) is 0 Å². The Morgan fingerprint density at radius 1 is 1.08 bits per heavy atom. The predicted molar refractivity (Wildman–Crippen MR) is 92.3 cm³/mol. The fourth-order valence-electron chi connectivity index (χ4n) is 7.72. The standard InChI is InChI=1S/C21H32O3/c1-12(22)16-6-7-17-15-5-4-13-10-14(23)8-9-20(13,2)19(15)18(24)11-21(16,17)3/h13-17,19,23H,4-11H2,1-3H3/t13-,14+,15?,16?,17?,19?,20-,21+/m0/s1. The van der Waals surface area contributed by atoms with Crippen LogP contribution in [0.4, 0.5) is 0 Å². The van der Waals surface area contributed by atoms with Crippen molar-refractivity contribution in [2.75, 3.05) is 0 Å². The van der Waals surface area contributed by atoms with Gasteiger partial charge in [0.25, 0.3) is 0 Å². The van der Waals surface area contributed by atoms with Gasteiger partial charge < -0.3 is 5.11 Å². The number of Topliss-reactive ketones (excluding diaryl/α,β-unsaturated/α-hetero) is 2. The third-order valence-corrected chi connectivity index (χ3v) is 8.81. The average Bonchev–Trinajstić information content (AvgIpc) is 2.84. The zero-order chi connectivity index (χ0) is 17.3. The minimum atomic E-state index is -0.169. The van der Waals surface area contributed by atoms with Crippen molar-refractivity contribution in [1.29, 1.82) is 0 Å². The minimum Gasteiger partial charge on any atom is -0.393 e. The molecule has 0 aromatic carbocycles. The lowest BCUT2D eigenvalue weighted by Crippen LogP contribution is -2.58. The molecule has 4 aliphatic rings. The third-order valence-electron chi connectivity index (χ3n) is 8.81. The van der Waals surface area contributed by atoms with Crippen molar-refractivity contribution in [3.63, 3.8) is 0 Å². The van der Waals surface area contributed by atoms with E-state index in [1.165, 1.54) is 0 Å². The maximum atomic E-state index is 13.3. The monoisotopic (exact) mass is 332 g/mol. The molecule has 0 spiro atoms. The molecule has 0 aromatic rings. The fourth-order valence-corrected chi connectivity index (χ4v) is 7.72. The van der Waals surface area contributed by atoms with Crippen LogP contribution in [0.5, 0.6) is 0 Å². The van der Waals surface area contributed by atoms with E-state index in [1.807, 2.05) is 0 Å². The first-order valence-corrected chi connectivity index (χ1v) is 9.98. The van der Waals surface area contributed by atoms with Crippen molar-refractivity contribution < 1.29 is 14.7 Å². The number of hydrogen-bond acceptors (Lipinski definition) is 3. The Bertz CT molecular complexity index is 569. The second-order valence-electron chi connectivity index (χ2n) is 9.85. The highest BCUT2D eigenvalue weighted by Crippen LogP contribution is 2.66. The van der Waals surface area contributed by atoms with E-state index in [0.717, 1.165) is 44.9 Å². The number of aliphatic hydroxyl groups excluding tert-OH is 1. The molecule has 4 saturated carbocycles. The first kappa shape index (κ1) is 16.8. The molecule has 0 aliphatic heterocycles. The summed E-state index contributed by atoms with van der Waals surface area (Å²) in [7, 11) is 0. The average molecular weight is 332 g/mol. The molecule has 4 rings (SSSR count). The Kier molecular flexibility index (Phi) is 3.77. The highest BCUT2D eigenvalue weighted by molar-refractivity contribution is 5.87. The molecule has 0 bridgehead atoms. The first-order chi connectivity index (χ1) is 11.3. The van der Waals surface area contributed by atoms with Crippen LogP contribution < -0.4 is 0 Å². The third kappa shape index (κ3) is 2.12. The van der Waals surface area contributed by atoms with Crippen LogP contribution in [0.15, 0.2) is 0 Å². The van der Waals surface area contributed by atoms with Crippen LogP contribution >= 0.6 is 0 Å². The Hall–Kier alpha value is -0.700. The Morgan fingerprint density at radius 2 is 1.83 bits per heavy atom. The molecule has 0 heterocycles. The van der Waals surface area contributed by atoms with Gasteiger partial charge in [0.2, 0.25) is 0 Å². The lowest BCUT2D eigenvalue weighted by molar-refractivity contribution is -0.162. The first-order valence-electron chi connectivity index (χ1n) is 9.98. The lowest BCUT2D eigenvalue weighted by Gasteiger charge is -2.59. The quantitative estimate of drug-likeness (QED) is 0.795. The number of rotatable bonds is 1. The van der Waals surface area contributed by atoms with Crippen LogP contribution in [-0.2, 0) is 9.59 Å². The molecule has 134 valence electrons. The topological polar surface area (TPSA) is 54.4 Å². The van der Waals surface area contributed by atoms with E-state index in [4.69, 9.17) is 0 Å². The van der Waals surface area contributed by atoms with Crippen LogP contribution in [0.25, 0.3) is 0 Å². The molecule has 0 saturated heterocycles. The second kappa shape index (κ2) is 5.40. The molecule has 8 atom stereocenters. The summed E-state index contributed by atoms with van der Waals surface area (Å²) in [4.78, 5) is 25.5. The molecular weight excluding hydrogens is 300 g/mol. The van der Waals surface area contributed by atoms with Crippen LogP contribution in [-0.4, -0.2) is 22.8 Å². The van der Waals surface area contributed by atoms with Crippen molar-refractivity contribution >= 4 is 11.6 Å². The van der Waals surface area contributed by atoms with Crippen molar-refractivity contribution in [3.8, 4) is 0 Å². The lowest BCUT2D eigenvalue weighted by atomic mass is 9.44. The summed E-state index contributed by atoms with van der Waals surface area (Å²) in [5, 5.41) is 10.1. The summed E-state index contributed by atoms with van der Waals surface area (Å²) in [5.74, 6) is 2.48. The van der Waals surface area contributed by atoms with E-state index in [1.54, 1.807) is 6.92 Å². The molecule has 3 nitrogen and oxygen atoms in total. The maximum Gasteiger partial charge on any atom is 0.137 e. The molecular formula is C21H32O3. The van der Waals surface area contributed by atoms with Gasteiger partial charge in [-0.15, -0.1) is 0 Å². The maximum absolute atomic E-state index is 13.3. The van der Waals surface area contributed by atoms with Gasteiger partial charge in [0.1, 0.15) is 11.6 Å². The van der Waals surface area contributed by atoms with Crippen LogP contribution in [0.1, 0.15) is 72.1 Å². The Balaban J connectivity index is 1.68. The molecule has 3 heteroatoms.